The van der Waals surface area contributed by atoms with Crippen LogP contribution in [0.1, 0.15) is 37.7 Å². The summed E-state index contributed by atoms with van der Waals surface area (Å²) in [6.07, 6.45) is 4.21. The van der Waals surface area contributed by atoms with E-state index in [0.29, 0.717) is 15.9 Å². The number of benzene rings is 1. The predicted octanol–water partition coefficient (Wildman–Crippen LogP) is 3.97. The van der Waals surface area contributed by atoms with E-state index in [-0.39, 0.29) is 5.69 Å². The van der Waals surface area contributed by atoms with Gasteiger partial charge < -0.3 is 5.32 Å². The Balaban J connectivity index is 1.52. The van der Waals surface area contributed by atoms with Crippen molar-refractivity contribution in [3.05, 3.63) is 52.7 Å². The van der Waals surface area contributed by atoms with E-state index in [0.717, 1.165) is 42.5 Å². The zero-order valence-corrected chi connectivity index (χ0v) is 17.2. The van der Waals surface area contributed by atoms with Crippen molar-refractivity contribution < 1.29 is 18.0 Å². The number of rotatable bonds is 5. The molecule has 0 aliphatic heterocycles. The Morgan fingerprint density at radius 2 is 2.00 bits per heavy atom. The Morgan fingerprint density at radius 1 is 1.23 bits per heavy atom. The molecule has 0 saturated heterocycles. The summed E-state index contributed by atoms with van der Waals surface area (Å²) in [6.45, 7) is -0.426. The molecule has 1 aromatic carbocycles. The van der Waals surface area contributed by atoms with Gasteiger partial charge in [0, 0.05) is 23.3 Å². The molecular weight excluding hydrogens is 431 g/mol. The lowest BCUT2D eigenvalue weighted by molar-refractivity contribution is -0.137. The normalized spacial score (nSPS) is 15.3. The molecule has 1 amide bonds. The number of carbonyl (C=O) groups is 1. The monoisotopic (exact) mass is 451 g/mol. The lowest BCUT2D eigenvalue weighted by Crippen LogP contribution is -2.28. The summed E-state index contributed by atoms with van der Waals surface area (Å²) in [5.41, 5.74) is -1.02. The molecular formula is C20H20F3N5O2S. The van der Waals surface area contributed by atoms with Crippen LogP contribution in [0.5, 0.6) is 0 Å². The fourth-order valence-electron chi connectivity index (χ4n) is 3.56. The lowest BCUT2D eigenvalue weighted by Gasteiger charge is -2.20. The maximum Gasteiger partial charge on any atom is 0.416 e. The summed E-state index contributed by atoms with van der Waals surface area (Å²) in [4.78, 5) is 29.4. The quantitative estimate of drug-likeness (QED) is 0.635. The largest absolute Gasteiger partial charge is 0.416 e. The van der Waals surface area contributed by atoms with Crippen molar-refractivity contribution in [2.75, 3.05) is 5.32 Å². The number of fused-ring (bicyclic) bond motifs is 1. The molecule has 1 fully saturated rings. The molecule has 7 nitrogen and oxygen atoms in total. The number of halogens is 3. The highest BCUT2D eigenvalue weighted by atomic mass is 32.2. The molecule has 1 aliphatic rings. The summed E-state index contributed by atoms with van der Waals surface area (Å²) in [5, 5.41) is 7.69. The molecule has 11 heteroatoms. The molecule has 164 valence electrons. The minimum atomic E-state index is -4.52. The smallest absolute Gasteiger partial charge is 0.324 e. The summed E-state index contributed by atoms with van der Waals surface area (Å²) in [6, 6.07) is 4.31. The Labute approximate surface area is 179 Å². The standard InChI is InChI=1S/C20H20F3N5O2S/c21-20(22,23)13-5-4-6-14(11-13)25-16(29)12-28-19(30)27-10-9-24-18(17(27)26-28)31-15-7-2-1-3-8-15/h4-6,9-11,15H,1-3,7-8,12H2,(H,25,29). The molecule has 0 spiro atoms. The van der Waals surface area contributed by atoms with Gasteiger partial charge in [-0.1, -0.05) is 37.1 Å². The maximum atomic E-state index is 12.9. The van der Waals surface area contributed by atoms with E-state index < -0.39 is 29.9 Å². The minimum absolute atomic E-state index is 0.00755. The summed E-state index contributed by atoms with van der Waals surface area (Å²) < 4.78 is 40.9. The molecule has 1 saturated carbocycles. The molecule has 1 N–H and O–H groups in total. The molecule has 2 aromatic heterocycles. The number of anilines is 1. The van der Waals surface area contributed by atoms with Crippen LogP contribution in [0.25, 0.3) is 5.65 Å². The molecule has 4 rings (SSSR count). The average molecular weight is 451 g/mol. The molecule has 1 aliphatic carbocycles. The number of hydrogen-bond donors (Lipinski definition) is 1. The first-order chi connectivity index (χ1) is 14.8. The van der Waals surface area contributed by atoms with Gasteiger partial charge in [-0.3, -0.25) is 4.79 Å². The van der Waals surface area contributed by atoms with Crippen molar-refractivity contribution in [2.45, 2.75) is 55.1 Å². The van der Waals surface area contributed by atoms with Gasteiger partial charge in [-0.25, -0.2) is 18.9 Å². The molecule has 31 heavy (non-hydrogen) atoms. The van der Waals surface area contributed by atoms with Crippen molar-refractivity contribution >= 4 is 29.0 Å². The average Bonchev–Trinajstić information content (AvgIpc) is 3.05. The van der Waals surface area contributed by atoms with E-state index >= 15 is 0 Å². The third kappa shape index (κ3) is 4.92. The van der Waals surface area contributed by atoms with Gasteiger partial charge in [-0.2, -0.15) is 13.2 Å². The molecule has 3 aromatic rings. The fraction of sp³-hybridized carbons (Fsp3) is 0.400. The Bertz CT molecular complexity index is 1150. The number of nitrogens with zero attached hydrogens (tertiary/aromatic N) is 4. The second-order valence-corrected chi connectivity index (χ2v) is 8.66. The van der Waals surface area contributed by atoms with E-state index in [2.05, 4.69) is 15.4 Å². The number of thioether (sulfide) groups is 1. The summed E-state index contributed by atoms with van der Waals surface area (Å²) in [7, 11) is 0. The van der Waals surface area contributed by atoms with E-state index in [1.165, 1.54) is 35.3 Å². The number of nitrogens with one attached hydrogen (secondary N) is 1. The third-order valence-electron chi connectivity index (χ3n) is 5.07. The van der Waals surface area contributed by atoms with Crippen LogP contribution in [0.3, 0.4) is 0 Å². The van der Waals surface area contributed by atoms with Gasteiger partial charge >= 0.3 is 11.9 Å². The van der Waals surface area contributed by atoms with Gasteiger partial charge in [0.05, 0.1) is 5.56 Å². The van der Waals surface area contributed by atoms with Crippen molar-refractivity contribution in [3.8, 4) is 0 Å². The number of hydrogen-bond acceptors (Lipinski definition) is 5. The second-order valence-electron chi connectivity index (χ2n) is 7.37. The van der Waals surface area contributed by atoms with Crippen LogP contribution in [0.4, 0.5) is 18.9 Å². The number of carbonyl (C=O) groups excluding carboxylic acids is 1. The highest BCUT2D eigenvalue weighted by molar-refractivity contribution is 8.00. The zero-order valence-electron chi connectivity index (χ0n) is 16.4. The van der Waals surface area contributed by atoms with Crippen LogP contribution >= 0.6 is 11.8 Å². The molecule has 0 atom stereocenters. The van der Waals surface area contributed by atoms with Crippen molar-refractivity contribution in [1.82, 2.24) is 19.2 Å². The molecule has 0 bridgehead atoms. The fourth-order valence-corrected chi connectivity index (χ4v) is 4.81. The summed E-state index contributed by atoms with van der Waals surface area (Å²) in [5.74, 6) is -0.653. The number of amides is 1. The maximum absolute atomic E-state index is 12.9. The third-order valence-corrected chi connectivity index (χ3v) is 6.38. The highest BCUT2D eigenvalue weighted by Gasteiger charge is 2.30. The number of aromatic nitrogens is 4. The van der Waals surface area contributed by atoms with Crippen LogP contribution in [0.15, 0.2) is 46.5 Å². The van der Waals surface area contributed by atoms with Crippen LogP contribution in [0, 0.1) is 0 Å². The van der Waals surface area contributed by atoms with Gasteiger partial charge in [0.25, 0.3) is 0 Å². The molecule has 0 radical (unpaired) electrons. The van der Waals surface area contributed by atoms with Crippen molar-refractivity contribution in [3.63, 3.8) is 0 Å². The first-order valence-corrected chi connectivity index (χ1v) is 10.8. The molecule has 0 unspecified atom stereocenters. The Kier molecular flexibility index (Phi) is 6.03. The van der Waals surface area contributed by atoms with E-state index in [4.69, 9.17) is 0 Å². The summed E-state index contributed by atoms with van der Waals surface area (Å²) >= 11 is 1.59. The lowest BCUT2D eigenvalue weighted by atomic mass is 10.0. The van der Waals surface area contributed by atoms with Crippen molar-refractivity contribution in [2.24, 2.45) is 0 Å². The van der Waals surface area contributed by atoms with Gasteiger partial charge in [-0.05, 0) is 31.0 Å². The van der Waals surface area contributed by atoms with Gasteiger partial charge in [0.1, 0.15) is 11.6 Å². The van der Waals surface area contributed by atoms with E-state index in [1.807, 2.05) is 0 Å². The van der Waals surface area contributed by atoms with Crippen LogP contribution in [0.2, 0.25) is 0 Å². The first kappa shape index (κ1) is 21.4. The highest BCUT2D eigenvalue weighted by Crippen LogP contribution is 2.34. The van der Waals surface area contributed by atoms with Crippen molar-refractivity contribution in [1.29, 1.82) is 0 Å². The molecule has 2 heterocycles. The predicted molar refractivity (Wildman–Crippen MR) is 110 cm³/mol. The van der Waals surface area contributed by atoms with Gasteiger partial charge in [-0.15, -0.1) is 5.10 Å². The zero-order chi connectivity index (χ0) is 22.0. The Morgan fingerprint density at radius 3 is 2.74 bits per heavy atom. The second kappa shape index (κ2) is 8.74. The Hall–Kier alpha value is -2.82. The van der Waals surface area contributed by atoms with E-state index in [1.54, 1.807) is 11.8 Å². The van der Waals surface area contributed by atoms with Gasteiger partial charge in [0.15, 0.2) is 5.65 Å². The number of alkyl halides is 3. The van der Waals surface area contributed by atoms with Crippen LogP contribution < -0.4 is 11.0 Å². The minimum Gasteiger partial charge on any atom is -0.324 e. The first-order valence-electron chi connectivity index (χ1n) is 9.89. The van der Waals surface area contributed by atoms with Crippen LogP contribution in [-0.2, 0) is 17.5 Å². The topological polar surface area (TPSA) is 81.3 Å². The van der Waals surface area contributed by atoms with E-state index in [9.17, 15) is 22.8 Å². The van der Waals surface area contributed by atoms with Gasteiger partial charge in [0.2, 0.25) is 5.91 Å². The van der Waals surface area contributed by atoms with Crippen LogP contribution in [-0.4, -0.2) is 30.3 Å². The SMILES string of the molecule is O=C(Cn1nc2c(SC3CCCCC3)nccn2c1=O)Nc1cccc(C(F)(F)F)c1.